The lowest BCUT2D eigenvalue weighted by molar-refractivity contribution is -0.129. The number of rotatable bonds is 21. The van der Waals surface area contributed by atoms with E-state index >= 15 is 0 Å². The van der Waals surface area contributed by atoms with Crippen molar-refractivity contribution in [2.75, 3.05) is 6.61 Å². The van der Waals surface area contributed by atoms with E-state index in [1.54, 1.807) is 0 Å². The molecule has 1 unspecified atom stereocenters. The Kier molecular flexibility index (Phi) is 21.1. The van der Waals surface area contributed by atoms with Crippen molar-refractivity contribution in [3.63, 3.8) is 0 Å². The van der Waals surface area contributed by atoms with Gasteiger partial charge in [0.2, 0.25) is 0 Å². The number of unbranched alkanes of at least 4 members (excludes halogenated alkanes) is 15. The molecule has 0 amide bonds. The summed E-state index contributed by atoms with van der Waals surface area (Å²) in [6.07, 6.45) is 25.7. The summed E-state index contributed by atoms with van der Waals surface area (Å²) in [5.41, 5.74) is 0. The van der Waals surface area contributed by atoms with Crippen LogP contribution in [0.5, 0.6) is 0 Å². The van der Waals surface area contributed by atoms with Gasteiger partial charge in [-0.2, -0.15) is 0 Å². The van der Waals surface area contributed by atoms with E-state index in [0.29, 0.717) is 6.42 Å². The highest BCUT2D eigenvalue weighted by Gasteiger charge is 2.12. The van der Waals surface area contributed by atoms with Crippen LogP contribution in [-0.2, 0) is 4.79 Å². The Labute approximate surface area is 168 Å². The number of aliphatic hydroxyl groups is 2. The maximum absolute atomic E-state index is 11.3. The predicted molar refractivity (Wildman–Crippen MR) is 116 cm³/mol. The zero-order valence-electron chi connectivity index (χ0n) is 18.0. The third kappa shape index (κ3) is 19.9. The minimum Gasteiger partial charge on any atom is -0.393 e. The SMILES string of the molecule is CCCCCCCCC=CCCCCCCCCCCCC(=O)C(O)CO. The Morgan fingerprint density at radius 2 is 1.11 bits per heavy atom. The number of carbonyl (C=O) groups excluding carboxylic acids is 1. The Morgan fingerprint density at radius 1 is 0.704 bits per heavy atom. The monoisotopic (exact) mass is 382 g/mol. The summed E-state index contributed by atoms with van der Waals surface area (Å²) >= 11 is 0. The number of Topliss-reactive ketones (excluding diaryl/α,β-unsaturated/α-hetero) is 1. The summed E-state index contributed by atoms with van der Waals surface area (Å²) < 4.78 is 0. The molecular formula is C24H46O3. The fourth-order valence-electron chi connectivity index (χ4n) is 3.35. The van der Waals surface area contributed by atoms with Gasteiger partial charge in [0.15, 0.2) is 5.78 Å². The second-order valence-electron chi connectivity index (χ2n) is 7.91. The molecule has 0 aromatic heterocycles. The normalized spacial score (nSPS) is 12.7. The Bertz CT molecular complexity index is 339. The molecule has 160 valence electrons. The van der Waals surface area contributed by atoms with Crippen molar-refractivity contribution in [1.82, 2.24) is 0 Å². The largest absolute Gasteiger partial charge is 0.393 e. The molecule has 27 heavy (non-hydrogen) atoms. The minimum absolute atomic E-state index is 0.224. The van der Waals surface area contributed by atoms with Gasteiger partial charge in [-0.25, -0.2) is 0 Å². The number of hydrogen-bond donors (Lipinski definition) is 2. The number of ketones is 1. The van der Waals surface area contributed by atoms with Crippen LogP contribution in [0.2, 0.25) is 0 Å². The second-order valence-corrected chi connectivity index (χ2v) is 7.91. The first kappa shape index (κ1) is 26.3. The first-order chi connectivity index (χ1) is 13.2. The summed E-state index contributed by atoms with van der Waals surface area (Å²) in [4.78, 5) is 11.3. The van der Waals surface area contributed by atoms with Crippen molar-refractivity contribution in [2.24, 2.45) is 0 Å². The van der Waals surface area contributed by atoms with Crippen molar-refractivity contribution in [3.8, 4) is 0 Å². The molecular weight excluding hydrogens is 336 g/mol. The van der Waals surface area contributed by atoms with Crippen LogP contribution >= 0.6 is 0 Å². The van der Waals surface area contributed by atoms with Crippen LogP contribution in [0.25, 0.3) is 0 Å². The van der Waals surface area contributed by atoms with Gasteiger partial charge in [0, 0.05) is 6.42 Å². The van der Waals surface area contributed by atoms with E-state index in [1.807, 2.05) is 0 Å². The molecule has 3 nitrogen and oxygen atoms in total. The van der Waals surface area contributed by atoms with Crippen LogP contribution in [0, 0.1) is 0 Å². The first-order valence-electron chi connectivity index (χ1n) is 11.7. The van der Waals surface area contributed by atoms with Crippen molar-refractivity contribution in [1.29, 1.82) is 0 Å². The summed E-state index contributed by atoms with van der Waals surface area (Å²) in [7, 11) is 0. The van der Waals surface area contributed by atoms with Crippen LogP contribution in [0.4, 0.5) is 0 Å². The fourth-order valence-corrected chi connectivity index (χ4v) is 3.35. The highest BCUT2D eigenvalue weighted by Crippen LogP contribution is 2.12. The molecule has 0 saturated carbocycles. The molecule has 3 heteroatoms. The molecule has 0 heterocycles. The van der Waals surface area contributed by atoms with Gasteiger partial charge in [0.05, 0.1) is 6.61 Å². The summed E-state index contributed by atoms with van der Waals surface area (Å²) in [6.45, 7) is 1.82. The quantitative estimate of drug-likeness (QED) is 0.176. The molecule has 2 N–H and O–H groups in total. The van der Waals surface area contributed by atoms with Crippen LogP contribution in [-0.4, -0.2) is 28.7 Å². The number of allylic oxidation sites excluding steroid dienone is 2. The molecule has 0 fully saturated rings. The lowest BCUT2D eigenvalue weighted by atomic mass is 10.0. The highest BCUT2D eigenvalue weighted by molar-refractivity contribution is 5.82. The Balaban J connectivity index is 3.16. The molecule has 0 saturated heterocycles. The van der Waals surface area contributed by atoms with E-state index in [0.717, 1.165) is 12.8 Å². The van der Waals surface area contributed by atoms with Gasteiger partial charge in [0.25, 0.3) is 0 Å². The topological polar surface area (TPSA) is 57.5 Å². The van der Waals surface area contributed by atoms with Gasteiger partial charge >= 0.3 is 0 Å². The molecule has 0 rings (SSSR count). The number of carbonyl (C=O) groups is 1. The van der Waals surface area contributed by atoms with Gasteiger partial charge in [-0.15, -0.1) is 0 Å². The Morgan fingerprint density at radius 3 is 1.56 bits per heavy atom. The lowest BCUT2D eigenvalue weighted by Crippen LogP contribution is -2.23. The van der Waals surface area contributed by atoms with Crippen LogP contribution in [0.3, 0.4) is 0 Å². The van der Waals surface area contributed by atoms with Gasteiger partial charge < -0.3 is 10.2 Å². The van der Waals surface area contributed by atoms with Crippen molar-refractivity contribution >= 4 is 5.78 Å². The zero-order chi connectivity index (χ0) is 20.0. The molecule has 0 radical (unpaired) electrons. The van der Waals surface area contributed by atoms with E-state index in [4.69, 9.17) is 5.11 Å². The van der Waals surface area contributed by atoms with E-state index in [2.05, 4.69) is 19.1 Å². The molecule has 0 bridgehead atoms. The van der Waals surface area contributed by atoms with Gasteiger partial charge in [-0.1, -0.05) is 96.1 Å². The number of aliphatic hydroxyl groups excluding tert-OH is 2. The average Bonchev–Trinajstić information content (AvgIpc) is 2.68. The van der Waals surface area contributed by atoms with Gasteiger partial charge in [0.1, 0.15) is 6.10 Å². The van der Waals surface area contributed by atoms with E-state index in [1.165, 1.54) is 96.3 Å². The molecule has 0 aliphatic carbocycles. The smallest absolute Gasteiger partial charge is 0.163 e. The third-order valence-corrected chi connectivity index (χ3v) is 5.23. The maximum Gasteiger partial charge on any atom is 0.163 e. The molecule has 0 aliphatic rings. The molecule has 1 atom stereocenters. The van der Waals surface area contributed by atoms with Crippen LogP contribution in [0.15, 0.2) is 12.2 Å². The highest BCUT2D eigenvalue weighted by atomic mass is 16.3. The molecule has 0 aliphatic heterocycles. The lowest BCUT2D eigenvalue weighted by Gasteiger charge is -2.05. The summed E-state index contributed by atoms with van der Waals surface area (Å²) in [6, 6.07) is 0. The fraction of sp³-hybridized carbons (Fsp3) is 0.875. The van der Waals surface area contributed by atoms with Crippen molar-refractivity contribution in [2.45, 2.75) is 129 Å². The van der Waals surface area contributed by atoms with E-state index in [9.17, 15) is 9.90 Å². The molecule has 0 aromatic carbocycles. The number of hydrogen-bond acceptors (Lipinski definition) is 3. The zero-order valence-corrected chi connectivity index (χ0v) is 18.0. The summed E-state index contributed by atoms with van der Waals surface area (Å²) in [5, 5.41) is 17.9. The minimum atomic E-state index is -1.17. The molecule has 0 aromatic rings. The van der Waals surface area contributed by atoms with Gasteiger partial charge in [-0.3, -0.25) is 4.79 Å². The molecule has 0 spiro atoms. The third-order valence-electron chi connectivity index (χ3n) is 5.23. The standard InChI is InChI=1S/C24H46O3/c1-2-3-4-5-6-7-8-9-10-11-12-13-14-15-16-17-18-19-20-21-23(26)24(27)22-25/h9-10,24-25,27H,2-8,11-22H2,1H3. The van der Waals surface area contributed by atoms with Crippen molar-refractivity contribution < 1.29 is 15.0 Å². The van der Waals surface area contributed by atoms with Crippen molar-refractivity contribution in [3.05, 3.63) is 12.2 Å². The van der Waals surface area contributed by atoms with E-state index in [-0.39, 0.29) is 5.78 Å². The second kappa shape index (κ2) is 21.6. The predicted octanol–water partition coefficient (Wildman–Crippen LogP) is 6.51. The van der Waals surface area contributed by atoms with E-state index < -0.39 is 12.7 Å². The van der Waals surface area contributed by atoms with Crippen LogP contribution < -0.4 is 0 Å². The van der Waals surface area contributed by atoms with Gasteiger partial charge in [-0.05, 0) is 32.1 Å². The van der Waals surface area contributed by atoms with Crippen LogP contribution in [0.1, 0.15) is 122 Å². The Hall–Kier alpha value is -0.670. The first-order valence-corrected chi connectivity index (χ1v) is 11.7. The summed E-state index contributed by atoms with van der Waals surface area (Å²) in [5.74, 6) is -0.224. The maximum atomic E-state index is 11.3. The average molecular weight is 383 g/mol.